The molecule has 0 aliphatic heterocycles. The average Bonchev–Trinajstić information content (AvgIpc) is 2.69. The Hall–Kier alpha value is -1.88. The summed E-state index contributed by atoms with van der Waals surface area (Å²) in [5.41, 5.74) is 8.45. The molecule has 0 aliphatic carbocycles. The Kier molecular flexibility index (Phi) is 2.98. The minimum atomic E-state index is -0.234. The molecule has 0 radical (unpaired) electrons. The monoisotopic (exact) mass is 319 g/mol. The fourth-order valence-corrected chi connectivity index (χ4v) is 2.56. The number of fused-ring (bicyclic) bond motifs is 1. The van der Waals surface area contributed by atoms with E-state index in [0.717, 1.165) is 21.5 Å². The number of benzene rings is 1. The third-order valence-electron chi connectivity index (χ3n) is 2.96. The van der Waals surface area contributed by atoms with Gasteiger partial charge in [-0.3, -0.25) is 0 Å². The average molecular weight is 320 g/mol. The van der Waals surface area contributed by atoms with E-state index < -0.39 is 0 Å². The molecule has 96 valence electrons. The van der Waals surface area contributed by atoms with Crippen molar-refractivity contribution in [1.29, 1.82) is 0 Å². The molecule has 0 atom stereocenters. The standard InChI is InChI=1S/C14H11BrFN3/c15-14-12-6-5-11(17)8-19(12)13(18-14)7-9-1-3-10(16)4-2-9/h1-6,8H,7,17H2. The summed E-state index contributed by atoms with van der Waals surface area (Å²) in [6.45, 7) is 0. The summed E-state index contributed by atoms with van der Waals surface area (Å²) in [7, 11) is 0. The van der Waals surface area contributed by atoms with Crippen LogP contribution in [0.4, 0.5) is 10.1 Å². The van der Waals surface area contributed by atoms with E-state index in [2.05, 4.69) is 20.9 Å². The van der Waals surface area contributed by atoms with Crippen LogP contribution in [0.2, 0.25) is 0 Å². The van der Waals surface area contributed by atoms with Crippen LogP contribution in [0.25, 0.3) is 5.52 Å². The molecule has 1 aromatic carbocycles. The van der Waals surface area contributed by atoms with Gasteiger partial charge in [0.15, 0.2) is 0 Å². The normalized spacial score (nSPS) is 11.1. The molecule has 0 saturated carbocycles. The van der Waals surface area contributed by atoms with Gasteiger partial charge in [-0.25, -0.2) is 9.37 Å². The smallest absolute Gasteiger partial charge is 0.132 e. The predicted molar refractivity (Wildman–Crippen MR) is 76.5 cm³/mol. The molecule has 3 nitrogen and oxygen atoms in total. The fourth-order valence-electron chi connectivity index (χ4n) is 2.03. The summed E-state index contributed by atoms with van der Waals surface area (Å²) in [5, 5.41) is 0. The first-order chi connectivity index (χ1) is 9.13. The zero-order valence-electron chi connectivity index (χ0n) is 9.98. The van der Waals surface area contributed by atoms with Gasteiger partial charge in [-0.15, -0.1) is 0 Å². The molecule has 0 bridgehead atoms. The molecule has 0 unspecified atom stereocenters. The summed E-state index contributed by atoms with van der Waals surface area (Å²) < 4.78 is 15.6. The molecular weight excluding hydrogens is 309 g/mol. The highest BCUT2D eigenvalue weighted by atomic mass is 79.9. The number of hydrogen-bond acceptors (Lipinski definition) is 2. The van der Waals surface area contributed by atoms with E-state index in [9.17, 15) is 4.39 Å². The van der Waals surface area contributed by atoms with E-state index >= 15 is 0 Å². The van der Waals surface area contributed by atoms with E-state index in [4.69, 9.17) is 5.73 Å². The molecule has 2 heterocycles. The van der Waals surface area contributed by atoms with Crippen LogP contribution in [0.1, 0.15) is 11.4 Å². The molecule has 2 N–H and O–H groups in total. The Morgan fingerprint density at radius 1 is 1.16 bits per heavy atom. The maximum Gasteiger partial charge on any atom is 0.132 e. The molecule has 0 saturated heterocycles. The van der Waals surface area contributed by atoms with Crippen LogP contribution < -0.4 is 5.73 Å². The Bertz CT molecular complexity index is 734. The van der Waals surface area contributed by atoms with Crippen LogP contribution in [0.15, 0.2) is 47.2 Å². The van der Waals surface area contributed by atoms with Crippen LogP contribution in [0.5, 0.6) is 0 Å². The molecular formula is C14H11BrFN3. The summed E-state index contributed by atoms with van der Waals surface area (Å²) >= 11 is 3.43. The highest BCUT2D eigenvalue weighted by Gasteiger charge is 2.09. The number of anilines is 1. The second kappa shape index (κ2) is 4.66. The zero-order chi connectivity index (χ0) is 13.4. The molecule has 3 aromatic rings. The lowest BCUT2D eigenvalue weighted by molar-refractivity contribution is 0.627. The van der Waals surface area contributed by atoms with Gasteiger partial charge in [-0.1, -0.05) is 12.1 Å². The van der Waals surface area contributed by atoms with Crippen LogP contribution in [-0.2, 0) is 6.42 Å². The summed E-state index contributed by atoms with van der Waals surface area (Å²) in [6, 6.07) is 10.2. The van der Waals surface area contributed by atoms with E-state index in [-0.39, 0.29) is 5.82 Å². The lowest BCUT2D eigenvalue weighted by atomic mass is 10.1. The first kappa shape index (κ1) is 12.2. The predicted octanol–water partition coefficient (Wildman–Crippen LogP) is 3.41. The van der Waals surface area contributed by atoms with E-state index in [0.29, 0.717) is 12.1 Å². The van der Waals surface area contributed by atoms with Crippen molar-refractivity contribution in [1.82, 2.24) is 9.38 Å². The topological polar surface area (TPSA) is 43.3 Å². The first-order valence-corrected chi connectivity index (χ1v) is 6.59. The summed E-state index contributed by atoms with van der Waals surface area (Å²) in [6.07, 6.45) is 2.46. The maximum absolute atomic E-state index is 12.9. The number of halogens is 2. The quantitative estimate of drug-likeness (QED) is 0.786. The minimum absolute atomic E-state index is 0.234. The van der Waals surface area contributed by atoms with Crippen molar-refractivity contribution >= 4 is 27.1 Å². The highest BCUT2D eigenvalue weighted by molar-refractivity contribution is 9.10. The molecule has 3 rings (SSSR count). The zero-order valence-corrected chi connectivity index (χ0v) is 11.6. The van der Waals surface area contributed by atoms with Gasteiger partial charge in [0.05, 0.1) is 5.52 Å². The van der Waals surface area contributed by atoms with Gasteiger partial charge in [0.25, 0.3) is 0 Å². The van der Waals surface area contributed by atoms with Crippen molar-refractivity contribution in [2.45, 2.75) is 6.42 Å². The van der Waals surface area contributed by atoms with Crippen molar-refractivity contribution < 1.29 is 4.39 Å². The van der Waals surface area contributed by atoms with Gasteiger partial charge >= 0.3 is 0 Å². The molecule has 0 fully saturated rings. The number of hydrogen-bond donors (Lipinski definition) is 1. The second-order valence-electron chi connectivity index (χ2n) is 4.34. The lowest BCUT2D eigenvalue weighted by Crippen LogP contribution is -1.98. The third-order valence-corrected chi connectivity index (χ3v) is 3.55. The van der Waals surface area contributed by atoms with Crippen molar-refractivity contribution in [3.8, 4) is 0 Å². The van der Waals surface area contributed by atoms with Gasteiger partial charge in [0.1, 0.15) is 16.2 Å². The van der Waals surface area contributed by atoms with Crippen LogP contribution in [0, 0.1) is 5.82 Å². The molecule has 0 aliphatic rings. The second-order valence-corrected chi connectivity index (χ2v) is 5.09. The summed E-state index contributed by atoms with van der Waals surface area (Å²) in [4.78, 5) is 4.48. The number of nitrogen functional groups attached to an aromatic ring is 1. The Labute approximate surface area is 118 Å². The maximum atomic E-state index is 12.9. The van der Waals surface area contributed by atoms with E-state index in [1.807, 2.05) is 22.7 Å². The molecule has 19 heavy (non-hydrogen) atoms. The van der Waals surface area contributed by atoms with Gasteiger partial charge in [-0.05, 0) is 45.8 Å². The lowest BCUT2D eigenvalue weighted by Gasteiger charge is -2.03. The molecule has 2 aromatic heterocycles. The number of imidazole rings is 1. The van der Waals surface area contributed by atoms with Gasteiger partial charge in [0.2, 0.25) is 0 Å². The number of nitrogens with two attached hydrogens (primary N) is 1. The number of aromatic nitrogens is 2. The molecule has 0 spiro atoms. The van der Waals surface area contributed by atoms with Gasteiger partial charge in [0, 0.05) is 18.3 Å². The van der Waals surface area contributed by atoms with Gasteiger partial charge < -0.3 is 10.1 Å². The Balaban J connectivity index is 2.05. The van der Waals surface area contributed by atoms with E-state index in [1.54, 1.807) is 12.1 Å². The Morgan fingerprint density at radius 3 is 2.63 bits per heavy atom. The van der Waals surface area contributed by atoms with E-state index in [1.165, 1.54) is 12.1 Å². The fraction of sp³-hybridized carbons (Fsp3) is 0.0714. The third kappa shape index (κ3) is 2.33. The number of nitrogens with zero attached hydrogens (tertiary/aromatic N) is 2. The Morgan fingerprint density at radius 2 is 1.89 bits per heavy atom. The minimum Gasteiger partial charge on any atom is -0.398 e. The summed E-state index contributed by atoms with van der Waals surface area (Å²) in [5.74, 6) is 0.628. The SMILES string of the molecule is Nc1ccc2c(Br)nc(Cc3ccc(F)cc3)n2c1. The van der Waals surface area contributed by atoms with Crippen LogP contribution >= 0.6 is 15.9 Å². The molecule has 5 heteroatoms. The number of rotatable bonds is 2. The highest BCUT2D eigenvalue weighted by Crippen LogP contribution is 2.22. The van der Waals surface area contributed by atoms with Crippen molar-refractivity contribution in [2.24, 2.45) is 0 Å². The number of pyridine rings is 1. The molecule has 0 amide bonds. The largest absolute Gasteiger partial charge is 0.398 e. The van der Waals surface area contributed by atoms with Crippen LogP contribution in [0.3, 0.4) is 0 Å². The van der Waals surface area contributed by atoms with Gasteiger partial charge in [-0.2, -0.15) is 0 Å². The van der Waals surface area contributed by atoms with Crippen molar-refractivity contribution in [3.63, 3.8) is 0 Å². The van der Waals surface area contributed by atoms with Crippen molar-refractivity contribution in [3.05, 3.63) is 64.4 Å². The first-order valence-electron chi connectivity index (χ1n) is 5.80. The van der Waals surface area contributed by atoms with Crippen LogP contribution in [-0.4, -0.2) is 9.38 Å². The van der Waals surface area contributed by atoms with Crippen molar-refractivity contribution in [2.75, 3.05) is 5.73 Å².